The maximum Gasteiger partial charge on any atom is 0.0462 e. The zero-order chi connectivity index (χ0) is 13.1. The van der Waals surface area contributed by atoms with E-state index in [0.29, 0.717) is 6.04 Å². The molecule has 1 atom stereocenters. The smallest absolute Gasteiger partial charge is 0.0462 e. The van der Waals surface area contributed by atoms with Crippen molar-refractivity contribution in [3.05, 3.63) is 35.4 Å². The van der Waals surface area contributed by atoms with Crippen LogP contribution in [0.15, 0.2) is 24.3 Å². The van der Waals surface area contributed by atoms with E-state index in [1.807, 2.05) is 0 Å². The number of hydrogen-bond donors (Lipinski definition) is 2. The predicted octanol–water partition coefficient (Wildman–Crippen LogP) is 4.04. The van der Waals surface area contributed by atoms with Gasteiger partial charge in [0.15, 0.2) is 0 Å². The van der Waals surface area contributed by atoms with Crippen molar-refractivity contribution in [2.45, 2.75) is 63.3 Å². The molecule has 1 aromatic carbocycles. The Hall–Kier alpha value is -0.860. The molecule has 0 radical (unpaired) electrons. The van der Waals surface area contributed by atoms with Gasteiger partial charge in [0.25, 0.3) is 0 Å². The lowest BCUT2D eigenvalue weighted by molar-refractivity contribution is 0.397. The monoisotopic (exact) mass is 258 g/mol. The van der Waals surface area contributed by atoms with Crippen molar-refractivity contribution in [2.75, 3.05) is 0 Å². The van der Waals surface area contributed by atoms with Gasteiger partial charge in [-0.1, -0.05) is 56.4 Å². The van der Waals surface area contributed by atoms with Gasteiger partial charge in [0.1, 0.15) is 0 Å². The summed E-state index contributed by atoms with van der Waals surface area (Å²) in [7, 11) is 0. The molecule has 104 valence electrons. The van der Waals surface area contributed by atoms with Gasteiger partial charge in [-0.15, -0.1) is 0 Å². The molecule has 2 nitrogen and oxygen atoms in total. The topological polar surface area (TPSA) is 38.0 Å². The first-order chi connectivity index (χ1) is 9.36. The normalized spacial score (nSPS) is 22.4. The summed E-state index contributed by atoms with van der Waals surface area (Å²) in [5.41, 5.74) is 5.96. The van der Waals surface area contributed by atoms with Crippen molar-refractivity contribution in [3.8, 4) is 0 Å². The highest BCUT2D eigenvalue weighted by Gasteiger charge is 2.23. The van der Waals surface area contributed by atoms with Gasteiger partial charge < -0.3 is 0 Å². The summed E-state index contributed by atoms with van der Waals surface area (Å²) in [6.07, 6.45) is 10.9. The van der Waals surface area contributed by atoms with Gasteiger partial charge in [-0.05, 0) is 42.2 Å². The lowest BCUT2D eigenvalue weighted by Crippen LogP contribution is -2.29. The molecule has 2 aliphatic rings. The van der Waals surface area contributed by atoms with E-state index in [4.69, 9.17) is 5.84 Å². The van der Waals surface area contributed by atoms with E-state index in [1.165, 1.54) is 62.5 Å². The highest BCUT2D eigenvalue weighted by atomic mass is 15.2. The number of rotatable bonds is 5. The van der Waals surface area contributed by atoms with Crippen LogP contribution < -0.4 is 11.3 Å². The summed E-state index contributed by atoms with van der Waals surface area (Å²) in [5.74, 6) is 7.48. The molecule has 3 N–H and O–H groups in total. The number of nitrogens with one attached hydrogen (secondary N) is 1. The maximum atomic E-state index is 5.81. The van der Waals surface area contributed by atoms with Gasteiger partial charge in [0.2, 0.25) is 0 Å². The average Bonchev–Trinajstić information content (AvgIpc) is 2.87. The Morgan fingerprint density at radius 1 is 1.11 bits per heavy atom. The minimum absolute atomic E-state index is 0.336. The second-order valence-corrected chi connectivity index (χ2v) is 6.40. The Labute approximate surface area is 116 Å². The zero-order valence-electron chi connectivity index (χ0n) is 11.8. The summed E-state index contributed by atoms with van der Waals surface area (Å²) < 4.78 is 0. The molecule has 3 rings (SSSR count). The van der Waals surface area contributed by atoms with Crippen LogP contribution in [0.3, 0.4) is 0 Å². The molecule has 2 saturated carbocycles. The third kappa shape index (κ3) is 3.01. The molecule has 2 heteroatoms. The Morgan fingerprint density at radius 2 is 1.89 bits per heavy atom. The molecule has 0 bridgehead atoms. The van der Waals surface area contributed by atoms with Crippen molar-refractivity contribution >= 4 is 0 Å². The average molecular weight is 258 g/mol. The number of hydrogen-bond acceptors (Lipinski definition) is 2. The van der Waals surface area contributed by atoms with E-state index in [2.05, 4.69) is 29.7 Å². The quantitative estimate of drug-likeness (QED) is 0.618. The Kier molecular flexibility index (Phi) is 4.19. The maximum absolute atomic E-state index is 5.81. The molecule has 2 aliphatic carbocycles. The van der Waals surface area contributed by atoms with Crippen LogP contribution in [-0.2, 0) is 0 Å². The third-order valence-corrected chi connectivity index (χ3v) is 5.13. The van der Waals surface area contributed by atoms with E-state index < -0.39 is 0 Å². The van der Waals surface area contributed by atoms with Crippen molar-refractivity contribution in [3.63, 3.8) is 0 Å². The van der Waals surface area contributed by atoms with Gasteiger partial charge in [-0.2, -0.15) is 0 Å². The summed E-state index contributed by atoms with van der Waals surface area (Å²) in [6, 6.07) is 9.46. The van der Waals surface area contributed by atoms with Gasteiger partial charge in [-0.3, -0.25) is 11.3 Å². The van der Waals surface area contributed by atoms with E-state index >= 15 is 0 Å². The zero-order valence-corrected chi connectivity index (χ0v) is 11.8. The molecule has 1 aromatic rings. The highest BCUT2D eigenvalue weighted by Crippen LogP contribution is 2.38. The number of hydrazine groups is 1. The molecule has 0 amide bonds. The molecule has 0 aliphatic heterocycles. The van der Waals surface area contributed by atoms with Crippen LogP contribution in [0.2, 0.25) is 0 Å². The molecular formula is C17H26N2. The molecule has 1 unspecified atom stereocenters. The molecule has 0 aromatic heterocycles. The minimum Gasteiger partial charge on any atom is -0.271 e. The van der Waals surface area contributed by atoms with E-state index in [1.54, 1.807) is 0 Å². The van der Waals surface area contributed by atoms with Gasteiger partial charge in [0.05, 0.1) is 0 Å². The number of benzene rings is 1. The molecule has 19 heavy (non-hydrogen) atoms. The largest absolute Gasteiger partial charge is 0.271 e. The van der Waals surface area contributed by atoms with Crippen molar-refractivity contribution in [1.29, 1.82) is 0 Å². The first-order valence-electron chi connectivity index (χ1n) is 7.93. The summed E-state index contributed by atoms with van der Waals surface area (Å²) in [5, 5.41) is 0. The van der Waals surface area contributed by atoms with Crippen LogP contribution >= 0.6 is 0 Å². The summed E-state index contributed by atoms with van der Waals surface area (Å²) >= 11 is 0. The highest BCUT2D eigenvalue weighted by molar-refractivity contribution is 5.29. The van der Waals surface area contributed by atoms with Crippen molar-refractivity contribution < 1.29 is 0 Å². The van der Waals surface area contributed by atoms with Crippen LogP contribution in [-0.4, -0.2) is 0 Å². The molecule has 0 saturated heterocycles. The van der Waals surface area contributed by atoms with Crippen LogP contribution in [0, 0.1) is 5.92 Å². The Bertz CT molecular complexity index is 405. The van der Waals surface area contributed by atoms with Crippen molar-refractivity contribution in [1.82, 2.24) is 5.43 Å². The molecule has 2 fully saturated rings. The van der Waals surface area contributed by atoms with E-state index in [-0.39, 0.29) is 0 Å². The first kappa shape index (κ1) is 13.1. The molecule has 0 heterocycles. The van der Waals surface area contributed by atoms with E-state index in [0.717, 1.165) is 11.8 Å². The van der Waals surface area contributed by atoms with Crippen LogP contribution in [0.1, 0.15) is 74.5 Å². The summed E-state index contributed by atoms with van der Waals surface area (Å²) in [6.45, 7) is 0. The van der Waals surface area contributed by atoms with Gasteiger partial charge >= 0.3 is 0 Å². The van der Waals surface area contributed by atoms with Crippen molar-refractivity contribution in [2.24, 2.45) is 11.8 Å². The molecular weight excluding hydrogens is 232 g/mol. The lowest BCUT2D eigenvalue weighted by atomic mass is 9.79. The fraction of sp³-hybridized carbons (Fsp3) is 0.647. The third-order valence-electron chi connectivity index (χ3n) is 5.13. The molecule has 0 spiro atoms. The Morgan fingerprint density at radius 3 is 2.53 bits per heavy atom. The lowest BCUT2D eigenvalue weighted by Gasteiger charge is -2.27. The van der Waals surface area contributed by atoms with Gasteiger partial charge in [-0.25, -0.2) is 0 Å². The minimum atomic E-state index is 0.336. The summed E-state index contributed by atoms with van der Waals surface area (Å²) in [4.78, 5) is 0. The standard InChI is InChI=1S/C17H26N2/c18-19-17(11-13-5-1-2-6-13)16-10-4-9-15(12-16)14-7-3-8-14/h4,9-10,12-14,17,19H,1-3,5-8,11,18H2. The fourth-order valence-electron chi connectivity index (χ4n) is 3.65. The second-order valence-electron chi connectivity index (χ2n) is 6.40. The predicted molar refractivity (Wildman–Crippen MR) is 79.7 cm³/mol. The van der Waals surface area contributed by atoms with Crippen LogP contribution in [0.4, 0.5) is 0 Å². The first-order valence-corrected chi connectivity index (χ1v) is 7.93. The van der Waals surface area contributed by atoms with Crippen LogP contribution in [0.25, 0.3) is 0 Å². The Balaban J connectivity index is 1.70. The second kappa shape index (κ2) is 6.06. The van der Waals surface area contributed by atoms with Crippen LogP contribution in [0.5, 0.6) is 0 Å². The van der Waals surface area contributed by atoms with E-state index in [9.17, 15) is 0 Å². The number of nitrogens with two attached hydrogens (primary N) is 1. The van der Waals surface area contributed by atoms with Gasteiger partial charge in [0, 0.05) is 6.04 Å². The fourth-order valence-corrected chi connectivity index (χ4v) is 3.65. The SMILES string of the molecule is NNC(CC1CCCC1)c1cccc(C2CCC2)c1.